The van der Waals surface area contributed by atoms with Gasteiger partial charge in [-0.15, -0.1) is 0 Å². The number of halogens is 1. The van der Waals surface area contributed by atoms with Crippen molar-refractivity contribution in [2.75, 3.05) is 12.4 Å². The van der Waals surface area contributed by atoms with Crippen LogP contribution in [0.15, 0.2) is 35.5 Å². The molecule has 3 N–H and O–H groups in total. The van der Waals surface area contributed by atoms with Gasteiger partial charge in [0.1, 0.15) is 5.02 Å². The third-order valence-corrected chi connectivity index (χ3v) is 4.13. The maximum absolute atomic E-state index is 6.05. The fourth-order valence-corrected chi connectivity index (χ4v) is 2.98. The van der Waals surface area contributed by atoms with Crippen LogP contribution in [-0.2, 0) is 19.4 Å². The van der Waals surface area contributed by atoms with Crippen molar-refractivity contribution in [1.82, 2.24) is 4.98 Å². The summed E-state index contributed by atoms with van der Waals surface area (Å²) in [5.74, 6) is 0.776. The summed E-state index contributed by atoms with van der Waals surface area (Å²) in [5, 5.41) is 3.59. The summed E-state index contributed by atoms with van der Waals surface area (Å²) in [6, 6.07) is 8.12. The van der Waals surface area contributed by atoms with Gasteiger partial charge < -0.3 is 15.8 Å². The third kappa shape index (κ3) is 3.74. The van der Waals surface area contributed by atoms with Crippen molar-refractivity contribution >= 4 is 23.2 Å². The number of aromatic nitrogens is 1. The number of nitrogens with two attached hydrogens (primary N) is 1. The van der Waals surface area contributed by atoms with E-state index in [0.717, 1.165) is 17.7 Å². The Kier molecular flexibility index (Phi) is 4.67. The monoisotopic (exact) mass is 330 g/mol. The van der Waals surface area contributed by atoms with Gasteiger partial charge in [-0.3, -0.25) is 0 Å². The molecule has 0 amide bonds. The zero-order valence-corrected chi connectivity index (χ0v) is 13.7. The number of methoxy groups -OCH3 is 1. The molecule has 1 aliphatic carbocycles. The molecule has 2 aromatic rings. The molecule has 5 nitrogen and oxygen atoms in total. The van der Waals surface area contributed by atoms with Crippen molar-refractivity contribution < 1.29 is 4.74 Å². The summed E-state index contributed by atoms with van der Waals surface area (Å²) < 4.78 is 5.03. The van der Waals surface area contributed by atoms with E-state index in [4.69, 9.17) is 22.1 Å². The van der Waals surface area contributed by atoms with Gasteiger partial charge in [0.15, 0.2) is 5.96 Å². The summed E-state index contributed by atoms with van der Waals surface area (Å²) in [7, 11) is 1.53. The lowest BCUT2D eigenvalue weighted by Gasteiger charge is -2.08. The molecule has 1 aromatic carbocycles. The van der Waals surface area contributed by atoms with Crippen LogP contribution in [0.4, 0.5) is 5.69 Å². The highest BCUT2D eigenvalue weighted by atomic mass is 35.5. The van der Waals surface area contributed by atoms with E-state index in [0.29, 0.717) is 23.4 Å². The van der Waals surface area contributed by atoms with Gasteiger partial charge in [-0.05, 0) is 54.2 Å². The number of fused-ring (bicyclic) bond motifs is 1. The lowest BCUT2D eigenvalue weighted by atomic mass is 10.1. The maximum Gasteiger partial charge on any atom is 0.232 e. The number of aryl methyl sites for hydroxylation is 2. The number of hydrogen-bond donors (Lipinski definition) is 2. The first-order valence-electron chi connectivity index (χ1n) is 7.53. The standard InChI is InChI=1S/C17H19ClN4O/c1-23-16-15(18)7-11(9-20-16)10-21-17(19)22-14-6-5-12-3-2-4-13(12)8-14/h5-9H,2-4,10H2,1H3,(H3,19,21,22). The first-order valence-corrected chi connectivity index (χ1v) is 7.90. The number of anilines is 1. The van der Waals surface area contributed by atoms with Crippen LogP contribution in [0.3, 0.4) is 0 Å². The van der Waals surface area contributed by atoms with Crippen LogP contribution in [0, 0.1) is 0 Å². The summed E-state index contributed by atoms with van der Waals surface area (Å²) >= 11 is 6.05. The number of aliphatic imine (C=N–C) groups is 1. The Bertz CT molecular complexity index is 745. The van der Waals surface area contributed by atoms with Gasteiger partial charge in [0.05, 0.1) is 13.7 Å². The fourth-order valence-electron chi connectivity index (χ4n) is 2.72. The van der Waals surface area contributed by atoms with E-state index in [-0.39, 0.29) is 0 Å². The molecule has 0 atom stereocenters. The molecule has 0 aliphatic heterocycles. The van der Waals surface area contributed by atoms with Crippen molar-refractivity contribution in [3.63, 3.8) is 0 Å². The number of nitrogens with one attached hydrogen (secondary N) is 1. The zero-order valence-electron chi connectivity index (χ0n) is 13.0. The van der Waals surface area contributed by atoms with E-state index < -0.39 is 0 Å². The minimum absolute atomic E-state index is 0.370. The lowest BCUT2D eigenvalue weighted by molar-refractivity contribution is 0.398. The summed E-state index contributed by atoms with van der Waals surface area (Å²) in [6.45, 7) is 0.403. The Hall–Kier alpha value is -2.27. The number of pyridine rings is 1. The van der Waals surface area contributed by atoms with Crippen molar-refractivity contribution in [3.8, 4) is 5.88 Å². The predicted molar refractivity (Wildman–Crippen MR) is 93.2 cm³/mol. The molecule has 1 heterocycles. The number of guanidine groups is 1. The molecule has 1 aliphatic rings. The Morgan fingerprint density at radius 3 is 2.96 bits per heavy atom. The average molecular weight is 331 g/mol. The molecule has 3 rings (SSSR count). The van der Waals surface area contributed by atoms with E-state index in [2.05, 4.69) is 27.4 Å². The van der Waals surface area contributed by atoms with Gasteiger partial charge in [0.25, 0.3) is 0 Å². The van der Waals surface area contributed by atoms with E-state index in [1.54, 1.807) is 12.3 Å². The van der Waals surface area contributed by atoms with Gasteiger partial charge in [-0.25, -0.2) is 9.98 Å². The highest BCUT2D eigenvalue weighted by Gasteiger charge is 2.10. The summed E-state index contributed by atoms with van der Waals surface area (Å²) in [5.41, 5.74) is 10.6. The molecular formula is C17H19ClN4O. The van der Waals surface area contributed by atoms with Crippen LogP contribution in [-0.4, -0.2) is 18.1 Å². The zero-order chi connectivity index (χ0) is 16.2. The molecule has 0 bridgehead atoms. The average Bonchev–Trinajstić information content (AvgIpc) is 3.01. The smallest absolute Gasteiger partial charge is 0.232 e. The van der Waals surface area contributed by atoms with Gasteiger partial charge >= 0.3 is 0 Å². The molecule has 120 valence electrons. The minimum atomic E-state index is 0.370. The quantitative estimate of drug-likeness (QED) is 0.667. The molecule has 0 saturated heterocycles. The van der Waals surface area contributed by atoms with Crippen LogP contribution in [0.5, 0.6) is 5.88 Å². The maximum atomic E-state index is 6.05. The Labute approximate surface area is 140 Å². The normalized spacial score (nSPS) is 13.7. The first-order chi connectivity index (χ1) is 11.2. The Morgan fingerprint density at radius 2 is 2.17 bits per heavy atom. The number of hydrogen-bond acceptors (Lipinski definition) is 3. The molecule has 0 radical (unpaired) electrons. The van der Waals surface area contributed by atoms with Crippen molar-refractivity contribution in [2.45, 2.75) is 25.8 Å². The van der Waals surface area contributed by atoms with Crippen molar-refractivity contribution in [1.29, 1.82) is 0 Å². The summed E-state index contributed by atoms with van der Waals surface area (Å²) in [6.07, 6.45) is 5.22. The van der Waals surface area contributed by atoms with Crippen LogP contribution in [0.1, 0.15) is 23.1 Å². The van der Waals surface area contributed by atoms with Crippen molar-refractivity contribution in [3.05, 3.63) is 52.2 Å². The molecule has 0 spiro atoms. The van der Waals surface area contributed by atoms with E-state index in [1.165, 1.54) is 31.1 Å². The molecule has 6 heteroatoms. The van der Waals surface area contributed by atoms with Gasteiger partial charge in [0.2, 0.25) is 5.88 Å². The van der Waals surface area contributed by atoms with Gasteiger partial charge in [-0.1, -0.05) is 17.7 Å². The lowest BCUT2D eigenvalue weighted by Crippen LogP contribution is -2.22. The second-order valence-electron chi connectivity index (χ2n) is 5.50. The van der Waals surface area contributed by atoms with Crippen LogP contribution < -0.4 is 15.8 Å². The number of rotatable bonds is 4. The Morgan fingerprint density at radius 1 is 1.35 bits per heavy atom. The second kappa shape index (κ2) is 6.87. The molecule has 0 fully saturated rings. The molecule has 23 heavy (non-hydrogen) atoms. The Balaban J connectivity index is 1.65. The molecule has 0 unspecified atom stereocenters. The first kappa shape index (κ1) is 15.6. The topological polar surface area (TPSA) is 72.5 Å². The second-order valence-corrected chi connectivity index (χ2v) is 5.91. The third-order valence-electron chi connectivity index (χ3n) is 3.86. The van der Waals surface area contributed by atoms with Crippen LogP contribution in [0.2, 0.25) is 5.02 Å². The molecule has 1 aromatic heterocycles. The van der Waals surface area contributed by atoms with Crippen LogP contribution >= 0.6 is 11.6 Å². The van der Waals surface area contributed by atoms with Gasteiger partial charge in [-0.2, -0.15) is 0 Å². The minimum Gasteiger partial charge on any atom is -0.480 e. The van der Waals surface area contributed by atoms with E-state index in [9.17, 15) is 0 Å². The SMILES string of the molecule is COc1ncc(CN=C(N)Nc2ccc3c(c2)CCC3)cc1Cl. The van der Waals surface area contributed by atoms with E-state index in [1.807, 2.05) is 6.07 Å². The highest BCUT2D eigenvalue weighted by molar-refractivity contribution is 6.31. The fraction of sp³-hybridized carbons (Fsp3) is 0.294. The van der Waals surface area contributed by atoms with Gasteiger partial charge in [0, 0.05) is 11.9 Å². The predicted octanol–water partition coefficient (Wildman–Crippen LogP) is 3.16. The highest BCUT2D eigenvalue weighted by Crippen LogP contribution is 2.25. The molecule has 0 saturated carbocycles. The number of ether oxygens (including phenoxy) is 1. The summed E-state index contributed by atoms with van der Waals surface area (Å²) in [4.78, 5) is 8.44. The number of benzene rings is 1. The largest absolute Gasteiger partial charge is 0.480 e. The molecular weight excluding hydrogens is 312 g/mol. The van der Waals surface area contributed by atoms with Crippen molar-refractivity contribution in [2.24, 2.45) is 10.7 Å². The number of nitrogens with zero attached hydrogens (tertiary/aromatic N) is 2. The van der Waals surface area contributed by atoms with Crippen LogP contribution in [0.25, 0.3) is 0 Å². The van der Waals surface area contributed by atoms with E-state index >= 15 is 0 Å².